The first kappa shape index (κ1) is 10.9. The first-order valence-electron chi connectivity index (χ1n) is 6.12. The Morgan fingerprint density at radius 1 is 1.33 bits per heavy atom. The van der Waals surface area contributed by atoms with Gasteiger partial charge in [0, 0.05) is 25.6 Å². The lowest BCUT2D eigenvalue weighted by Gasteiger charge is -2.33. The SMILES string of the molecule is CC(C(=O)N1CCC(CO)CC1)C1CC1. The summed E-state index contributed by atoms with van der Waals surface area (Å²) in [7, 11) is 0. The van der Waals surface area contributed by atoms with Gasteiger partial charge in [0.05, 0.1) is 0 Å². The second-order valence-electron chi connectivity index (χ2n) is 5.08. The molecule has 1 atom stereocenters. The van der Waals surface area contributed by atoms with E-state index in [0.29, 0.717) is 17.7 Å². The Morgan fingerprint density at radius 2 is 1.93 bits per heavy atom. The van der Waals surface area contributed by atoms with Gasteiger partial charge in [-0.1, -0.05) is 6.92 Å². The lowest BCUT2D eigenvalue weighted by molar-refractivity contribution is -0.137. The average molecular weight is 211 g/mol. The van der Waals surface area contributed by atoms with Crippen LogP contribution in [0.5, 0.6) is 0 Å². The van der Waals surface area contributed by atoms with Gasteiger partial charge in [-0.2, -0.15) is 0 Å². The minimum Gasteiger partial charge on any atom is -0.396 e. The number of carbonyl (C=O) groups excluding carboxylic acids is 1. The highest BCUT2D eigenvalue weighted by molar-refractivity contribution is 5.79. The van der Waals surface area contributed by atoms with E-state index in [1.165, 1.54) is 12.8 Å². The Hall–Kier alpha value is -0.570. The molecule has 0 radical (unpaired) electrons. The van der Waals surface area contributed by atoms with Gasteiger partial charge >= 0.3 is 0 Å². The van der Waals surface area contributed by atoms with Gasteiger partial charge in [-0.05, 0) is 37.5 Å². The number of hydrogen-bond donors (Lipinski definition) is 1. The first-order chi connectivity index (χ1) is 7.22. The molecule has 2 rings (SSSR count). The smallest absolute Gasteiger partial charge is 0.225 e. The lowest BCUT2D eigenvalue weighted by Crippen LogP contribution is -2.42. The van der Waals surface area contributed by atoms with E-state index >= 15 is 0 Å². The largest absolute Gasteiger partial charge is 0.396 e. The molecular formula is C12H21NO2. The summed E-state index contributed by atoms with van der Waals surface area (Å²) in [6.07, 6.45) is 4.42. The molecule has 0 aromatic carbocycles. The van der Waals surface area contributed by atoms with Gasteiger partial charge in [0.2, 0.25) is 5.91 Å². The second kappa shape index (κ2) is 4.52. The molecule has 1 saturated carbocycles. The predicted octanol–water partition coefficient (Wildman–Crippen LogP) is 1.26. The number of aliphatic hydroxyl groups is 1. The Labute approximate surface area is 91.5 Å². The van der Waals surface area contributed by atoms with Gasteiger partial charge in [0.25, 0.3) is 0 Å². The topological polar surface area (TPSA) is 40.5 Å². The lowest BCUT2D eigenvalue weighted by atomic mass is 9.96. The summed E-state index contributed by atoms with van der Waals surface area (Å²) in [5.74, 6) is 1.66. The number of rotatable bonds is 3. The maximum Gasteiger partial charge on any atom is 0.225 e. The molecule has 1 unspecified atom stereocenters. The molecule has 0 spiro atoms. The Kier molecular flexibility index (Phi) is 3.29. The zero-order valence-electron chi connectivity index (χ0n) is 9.48. The van der Waals surface area contributed by atoms with Crippen molar-refractivity contribution >= 4 is 5.91 Å². The minimum absolute atomic E-state index is 0.232. The highest BCUT2D eigenvalue weighted by Gasteiger charge is 2.35. The number of nitrogens with zero attached hydrogens (tertiary/aromatic N) is 1. The van der Waals surface area contributed by atoms with Crippen LogP contribution in [0.15, 0.2) is 0 Å². The molecular weight excluding hydrogens is 190 g/mol. The average Bonchev–Trinajstić information content (AvgIpc) is 3.11. The molecule has 3 heteroatoms. The number of piperidine rings is 1. The third-order valence-corrected chi connectivity index (χ3v) is 3.90. The standard InChI is InChI=1S/C12H21NO2/c1-9(11-2-3-11)12(15)13-6-4-10(8-14)5-7-13/h9-11,14H,2-8H2,1H3. The van der Waals surface area contributed by atoms with Crippen LogP contribution < -0.4 is 0 Å². The third kappa shape index (κ3) is 2.51. The van der Waals surface area contributed by atoms with Gasteiger partial charge in [-0.25, -0.2) is 0 Å². The van der Waals surface area contributed by atoms with Crippen LogP contribution in [0.2, 0.25) is 0 Å². The fourth-order valence-corrected chi connectivity index (χ4v) is 2.42. The normalized spacial score (nSPS) is 25.3. The Balaban J connectivity index is 1.81. The van der Waals surface area contributed by atoms with Crippen LogP contribution >= 0.6 is 0 Å². The molecule has 1 amide bonds. The molecule has 2 fully saturated rings. The number of aliphatic hydroxyl groups excluding tert-OH is 1. The van der Waals surface area contributed by atoms with Crippen molar-refractivity contribution in [1.82, 2.24) is 4.90 Å². The van der Waals surface area contributed by atoms with E-state index in [1.807, 2.05) is 4.90 Å². The van der Waals surface area contributed by atoms with Crippen molar-refractivity contribution in [3.05, 3.63) is 0 Å². The van der Waals surface area contributed by atoms with E-state index in [-0.39, 0.29) is 12.5 Å². The summed E-state index contributed by atoms with van der Waals surface area (Å²) in [5, 5.41) is 9.02. The maximum atomic E-state index is 12.0. The number of likely N-dealkylation sites (tertiary alicyclic amines) is 1. The van der Waals surface area contributed by atoms with Crippen molar-refractivity contribution in [1.29, 1.82) is 0 Å². The van der Waals surface area contributed by atoms with Gasteiger partial charge in [-0.15, -0.1) is 0 Å². The molecule has 0 bridgehead atoms. The third-order valence-electron chi connectivity index (χ3n) is 3.90. The Bertz CT molecular complexity index is 230. The molecule has 1 aliphatic heterocycles. The summed E-state index contributed by atoms with van der Waals surface area (Å²) in [5.41, 5.74) is 0. The van der Waals surface area contributed by atoms with E-state index in [2.05, 4.69) is 6.92 Å². The molecule has 1 N–H and O–H groups in total. The van der Waals surface area contributed by atoms with Crippen molar-refractivity contribution < 1.29 is 9.90 Å². The highest BCUT2D eigenvalue weighted by Crippen LogP contribution is 2.37. The molecule has 1 aliphatic carbocycles. The molecule has 1 saturated heterocycles. The zero-order valence-corrected chi connectivity index (χ0v) is 9.48. The summed E-state index contributed by atoms with van der Waals surface area (Å²) in [6.45, 7) is 4.04. The number of amides is 1. The van der Waals surface area contributed by atoms with Crippen LogP contribution in [0.3, 0.4) is 0 Å². The predicted molar refractivity (Wildman–Crippen MR) is 58.3 cm³/mol. The van der Waals surface area contributed by atoms with E-state index in [1.54, 1.807) is 0 Å². The van der Waals surface area contributed by atoms with Gasteiger partial charge in [0.15, 0.2) is 0 Å². The van der Waals surface area contributed by atoms with Crippen LogP contribution in [-0.4, -0.2) is 35.6 Å². The number of carbonyl (C=O) groups is 1. The van der Waals surface area contributed by atoms with Crippen LogP contribution in [0.1, 0.15) is 32.6 Å². The van der Waals surface area contributed by atoms with Gasteiger partial charge in [-0.3, -0.25) is 4.79 Å². The molecule has 0 aromatic heterocycles. The summed E-state index contributed by atoms with van der Waals surface area (Å²) in [4.78, 5) is 14.0. The summed E-state index contributed by atoms with van der Waals surface area (Å²) in [6, 6.07) is 0. The van der Waals surface area contributed by atoms with Crippen molar-refractivity contribution in [2.45, 2.75) is 32.6 Å². The minimum atomic E-state index is 0.232. The second-order valence-corrected chi connectivity index (χ2v) is 5.08. The Morgan fingerprint density at radius 3 is 2.40 bits per heavy atom. The van der Waals surface area contributed by atoms with E-state index in [9.17, 15) is 4.79 Å². The fraction of sp³-hybridized carbons (Fsp3) is 0.917. The summed E-state index contributed by atoms with van der Waals surface area (Å²) >= 11 is 0. The summed E-state index contributed by atoms with van der Waals surface area (Å²) < 4.78 is 0. The van der Waals surface area contributed by atoms with Crippen LogP contribution in [0.4, 0.5) is 0 Å². The quantitative estimate of drug-likeness (QED) is 0.763. The molecule has 86 valence electrons. The first-order valence-corrected chi connectivity index (χ1v) is 6.12. The van der Waals surface area contributed by atoms with E-state index in [0.717, 1.165) is 25.9 Å². The maximum absolute atomic E-state index is 12.0. The fourth-order valence-electron chi connectivity index (χ4n) is 2.42. The van der Waals surface area contributed by atoms with Crippen molar-refractivity contribution in [2.75, 3.05) is 19.7 Å². The van der Waals surface area contributed by atoms with E-state index in [4.69, 9.17) is 5.11 Å². The van der Waals surface area contributed by atoms with Gasteiger partial charge < -0.3 is 10.0 Å². The molecule has 3 nitrogen and oxygen atoms in total. The molecule has 1 heterocycles. The molecule has 0 aromatic rings. The van der Waals surface area contributed by atoms with Crippen LogP contribution in [-0.2, 0) is 4.79 Å². The van der Waals surface area contributed by atoms with Crippen molar-refractivity contribution in [2.24, 2.45) is 17.8 Å². The highest BCUT2D eigenvalue weighted by atomic mass is 16.3. The van der Waals surface area contributed by atoms with Gasteiger partial charge in [0.1, 0.15) is 0 Å². The molecule has 2 aliphatic rings. The van der Waals surface area contributed by atoms with Crippen LogP contribution in [0, 0.1) is 17.8 Å². The zero-order chi connectivity index (χ0) is 10.8. The molecule has 15 heavy (non-hydrogen) atoms. The number of hydrogen-bond acceptors (Lipinski definition) is 2. The van der Waals surface area contributed by atoms with Crippen molar-refractivity contribution in [3.8, 4) is 0 Å². The van der Waals surface area contributed by atoms with Crippen LogP contribution in [0.25, 0.3) is 0 Å². The van der Waals surface area contributed by atoms with E-state index < -0.39 is 0 Å². The van der Waals surface area contributed by atoms with Crippen molar-refractivity contribution in [3.63, 3.8) is 0 Å². The monoisotopic (exact) mass is 211 g/mol.